The van der Waals surface area contributed by atoms with Crippen molar-refractivity contribution in [1.29, 1.82) is 0 Å². The Bertz CT molecular complexity index is 571. The zero-order chi connectivity index (χ0) is 20.4. The van der Waals surface area contributed by atoms with Crippen molar-refractivity contribution >= 4 is 12.1 Å². The molecule has 1 fully saturated rings. The first kappa shape index (κ1) is 4.94. The monoisotopic (exact) mass is 238 g/mol. The molecule has 1 heterocycles. The van der Waals surface area contributed by atoms with Crippen molar-refractivity contribution in [2.75, 3.05) is 13.0 Å². The van der Waals surface area contributed by atoms with E-state index in [-0.39, 0.29) is 0 Å². The zero-order valence-electron chi connectivity index (χ0n) is 18.1. The van der Waals surface area contributed by atoms with Gasteiger partial charge in [0.1, 0.15) is 5.60 Å². The molecule has 0 spiro atoms. The molecule has 0 atom stereocenters. The fourth-order valence-corrected chi connectivity index (χ4v) is 0.789. The fourth-order valence-electron chi connectivity index (χ4n) is 0.789. The molecule has 5 heteroatoms. The van der Waals surface area contributed by atoms with E-state index in [1.807, 2.05) is 0 Å². The van der Waals surface area contributed by atoms with Crippen LogP contribution in [0.1, 0.15) is 45.9 Å². The van der Waals surface area contributed by atoms with E-state index in [9.17, 15) is 14.7 Å². The number of ether oxygens (including phenoxy) is 1. The zero-order valence-corrected chi connectivity index (χ0v) is 9.12. The van der Waals surface area contributed by atoms with E-state index in [4.69, 9.17) is 17.1 Å². The number of carbonyl (C=O) groups is 2. The second-order valence-corrected chi connectivity index (χ2v) is 3.97. The number of aliphatic carboxylic acids is 1. The summed E-state index contributed by atoms with van der Waals surface area (Å²) in [5, 5.41) is 9.21. The number of rotatable bonds is 1. The van der Waals surface area contributed by atoms with Crippen LogP contribution in [0.25, 0.3) is 0 Å². The number of nitrogens with zero attached hydrogens (tertiary/aromatic N) is 1. The van der Waals surface area contributed by atoms with Crippen molar-refractivity contribution in [3.63, 3.8) is 0 Å². The third-order valence-electron chi connectivity index (χ3n) is 1.38. The average Bonchev–Trinajstić information content (AvgIpc) is 2.32. The molecule has 1 aliphatic heterocycles. The van der Waals surface area contributed by atoms with E-state index in [2.05, 4.69) is 0 Å². The number of piperidine rings is 1. The first-order valence-corrected chi connectivity index (χ1v) is 4.46. The van der Waals surface area contributed by atoms with Crippen LogP contribution < -0.4 is 0 Å². The van der Waals surface area contributed by atoms with Gasteiger partial charge in [-0.2, -0.15) is 0 Å². The quantitative estimate of drug-likeness (QED) is 0.755. The van der Waals surface area contributed by atoms with Crippen LogP contribution in [0.5, 0.6) is 0 Å². The third-order valence-corrected chi connectivity index (χ3v) is 1.38. The van der Waals surface area contributed by atoms with E-state index >= 15 is 0 Å². The highest BCUT2D eigenvalue weighted by Crippen LogP contribution is 2.19. The highest BCUT2D eigenvalue weighted by molar-refractivity contribution is 5.71. The molecule has 16 heavy (non-hydrogen) atoms. The van der Waals surface area contributed by atoms with Crippen LogP contribution in [0, 0.1) is 5.89 Å². The molecule has 1 N–H and O–H groups in total. The Hall–Kier alpha value is -1.26. The number of amides is 1. The van der Waals surface area contributed by atoms with Gasteiger partial charge in [0.2, 0.25) is 0 Å². The van der Waals surface area contributed by atoms with Crippen molar-refractivity contribution in [1.82, 2.24) is 4.90 Å². The highest BCUT2D eigenvalue weighted by atomic mass is 16.6. The van der Waals surface area contributed by atoms with E-state index in [0.29, 0.717) is 0 Å². The van der Waals surface area contributed by atoms with Gasteiger partial charge in [0, 0.05) is 25.3 Å². The van der Waals surface area contributed by atoms with Gasteiger partial charge in [0.15, 0.2) is 0 Å². The maximum Gasteiger partial charge on any atom is 0.410 e. The average molecular weight is 238 g/mol. The molecule has 0 aromatic carbocycles. The molecule has 1 aliphatic rings. The maximum absolute atomic E-state index is 12.3. The van der Waals surface area contributed by atoms with Crippen LogP contribution in [0.15, 0.2) is 0 Å². The molecule has 92 valence electrons. The summed E-state index contributed by atoms with van der Waals surface area (Å²) < 4.78 is 75.0. The van der Waals surface area contributed by atoms with Gasteiger partial charge in [-0.05, 0) is 33.5 Å². The minimum Gasteiger partial charge on any atom is -0.481 e. The van der Waals surface area contributed by atoms with Gasteiger partial charge in [-0.3, -0.25) is 4.79 Å². The molecule has 0 saturated carbocycles. The van der Waals surface area contributed by atoms with Gasteiger partial charge >= 0.3 is 12.1 Å². The summed E-state index contributed by atoms with van der Waals surface area (Å²) in [5.41, 5.74) is -1.25. The summed E-state index contributed by atoms with van der Waals surface area (Å²) in [4.78, 5) is 23.3. The largest absolute Gasteiger partial charge is 0.481 e. The Kier molecular flexibility index (Phi) is 1.46. The molecule has 0 aromatic heterocycles. The van der Waals surface area contributed by atoms with Crippen LogP contribution in [0.4, 0.5) is 4.79 Å². The predicted octanol–water partition coefficient (Wildman–Crippen LogP) is 1.72. The summed E-state index contributed by atoms with van der Waals surface area (Å²) >= 11 is 0. The summed E-state index contributed by atoms with van der Waals surface area (Å²) in [7, 11) is 0. The number of likely N-dealkylation sites (tertiary alicyclic amines) is 1. The Labute approximate surface area is 108 Å². The standard InChI is InChI=1S/C11H19NO4/c1-11(2,3)16-10(15)12-6-4-8(5-7-12)9(13)14/h8H,4-7H2,1-3H3,(H,13,14)/i4D2,5D2,6D2,7D2,8D. The SMILES string of the molecule is [2H]C1([2H])N(C(=O)OC(C)(C)C)C([2H])([2H])C([2H])([2H])C([2H])(C(=O)O)C1([2H])[2H]. The van der Waals surface area contributed by atoms with Gasteiger partial charge in [-0.1, -0.05) is 0 Å². The van der Waals surface area contributed by atoms with Crippen molar-refractivity contribution in [2.45, 2.75) is 39.1 Å². The molecular weight excluding hydrogens is 210 g/mol. The molecule has 1 amide bonds. The van der Waals surface area contributed by atoms with Crippen LogP contribution >= 0.6 is 0 Å². The van der Waals surface area contributed by atoms with E-state index in [1.165, 1.54) is 20.8 Å². The topological polar surface area (TPSA) is 66.8 Å². The highest BCUT2D eigenvalue weighted by Gasteiger charge is 2.29. The van der Waals surface area contributed by atoms with Gasteiger partial charge in [-0.15, -0.1) is 0 Å². The van der Waals surface area contributed by atoms with Crippen LogP contribution in [-0.2, 0) is 9.53 Å². The van der Waals surface area contributed by atoms with Gasteiger partial charge in [0.25, 0.3) is 0 Å². The van der Waals surface area contributed by atoms with Crippen molar-refractivity contribution in [3.8, 4) is 0 Å². The van der Waals surface area contributed by atoms with Crippen LogP contribution in [0.3, 0.4) is 0 Å². The second kappa shape index (κ2) is 4.72. The molecule has 0 radical (unpaired) electrons. The smallest absolute Gasteiger partial charge is 0.410 e. The van der Waals surface area contributed by atoms with Crippen LogP contribution in [-0.4, -0.2) is 40.7 Å². The lowest BCUT2D eigenvalue weighted by Crippen LogP contribution is -2.42. The molecule has 0 aromatic rings. The number of hydrogen-bond acceptors (Lipinski definition) is 3. The normalized spacial score (nSPS) is 41.2. The molecule has 0 unspecified atom stereocenters. The molecule has 1 rings (SSSR count). The van der Waals surface area contributed by atoms with Crippen molar-refractivity contribution < 1.29 is 31.8 Å². The fraction of sp³-hybridized carbons (Fsp3) is 0.818. The number of carboxylic acids is 1. The van der Waals surface area contributed by atoms with E-state index < -0.39 is 54.2 Å². The lowest BCUT2D eigenvalue weighted by molar-refractivity contribution is -0.143. The molecular formula is C11H19NO4. The minimum atomic E-state index is -3.88. The predicted molar refractivity (Wildman–Crippen MR) is 58.2 cm³/mol. The lowest BCUT2D eigenvalue weighted by Gasteiger charge is -2.32. The summed E-state index contributed by atoms with van der Waals surface area (Å²) in [6, 6.07) is 0. The van der Waals surface area contributed by atoms with E-state index in [0.717, 1.165) is 0 Å². The summed E-state index contributed by atoms with van der Waals surface area (Å²) in [6.45, 7) is -3.30. The van der Waals surface area contributed by atoms with Gasteiger partial charge < -0.3 is 14.7 Å². The molecule has 1 saturated heterocycles. The minimum absolute atomic E-state index is 0.443. The first-order chi connectivity index (χ1) is 10.7. The molecule has 0 aliphatic carbocycles. The van der Waals surface area contributed by atoms with Crippen LogP contribution in [0.2, 0.25) is 0 Å². The number of carbonyl (C=O) groups excluding carboxylic acids is 1. The molecule has 0 bridgehead atoms. The maximum atomic E-state index is 12.3. The van der Waals surface area contributed by atoms with Gasteiger partial charge in [-0.25, -0.2) is 4.79 Å². The Morgan fingerprint density at radius 2 is 1.94 bits per heavy atom. The first-order valence-electron chi connectivity index (χ1n) is 8.96. The van der Waals surface area contributed by atoms with Crippen molar-refractivity contribution in [3.05, 3.63) is 0 Å². The molecule has 5 nitrogen and oxygen atoms in total. The van der Waals surface area contributed by atoms with Crippen molar-refractivity contribution in [2.24, 2.45) is 5.89 Å². The Morgan fingerprint density at radius 1 is 1.44 bits per heavy atom. The Balaban J connectivity index is 3.75. The summed E-state index contributed by atoms with van der Waals surface area (Å²) in [5.74, 6) is -6.29. The Morgan fingerprint density at radius 3 is 2.31 bits per heavy atom. The summed E-state index contributed by atoms with van der Waals surface area (Å²) in [6.07, 6.45) is -9.36. The lowest BCUT2D eigenvalue weighted by atomic mass is 9.97. The third kappa shape index (κ3) is 3.72. The van der Waals surface area contributed by atoms with Gasteiger partial charge in [0.05, 0.1) is 5.89 Å². The second-order valence-electron chi connectivity index (χ2n) is 3.97. The number of carboxylic acid groups (broad SMARTS) is 1. The number of hydrogen-bond donors (Lipinski definition) is 1. The van der Waals surface area contributed by atoms with E-state index in [1.54, 1.807) is 0 Å².